The third-order valence-corrected chi connectivity index (χ3v) is 3.17. The molecular formula is C11H8N3O6S-. The van der Waals surface area contributed by atoms with Crippen molar-refractivity contribution in [3.05, 3.63) is 52.3 Å². The number of hydrazone groups is 1. The molecule has 2 rings (SSSR count). The highest BCUT2D eigenvalue weighted by molar-refractivity contribution is 7.85. The SMILES string of the molecule is O=[N+]([O-])c1ccc(/C=N/Nc2ccc(S(=O)(=O)[O-])cc2)o1. The number of benzene rings is 1. The van der Waals surface area contributed by atoms with Crippen molar-refractivity contribution >= 4 is 27.9 Å². The van der Waals surface area contributed by atoms with Crippen molar-refractivity contribution in [2.75, 3.05) is 5.43 Å². The molecule has 0 aliphatic carbocycles. The van der Waals surface area contributed by atoms with E-state index in [1.165, 1.54) is 30.5 Å². The lowest BCUT2D eigenvalue weighted by Crippen LogP contribution is -1.98. The molecule has 9 nitrogen and oxygen atoms in total. The quantitative estimate of drug-likeness (QED) is 0.382. The third kappa shape index (κ3) is 3.87. The molecule has 10 heteroatoms. The highest BCUT2D eigenvalue weighted by Gasteiger charge is 2.10. The fourth-order valence-electron chi connectivity index (χ4n) is 1.38. The zero-order chi connectivity index (χ0) is 15.5. The van der Waals surface area contributed by atoms with Gasteiger partial charge in [-0.15, -0.1) is 0 Å². The minimum atomic E-state index is -4.48. The van der Waals surface area contributed by atoms with Crippen molar-refractivity contribution in [3.63, 3.8) is 0 Å². The second-order valence-electron chi connectivity index (χ2n) is 3.78. The minimum absolute atomic E-state index is 0.174. The molecule has 0 aliphatic rings. The summed E-state index contributed by atoms with van der Waals surface area (Å²) in [5.41, 5.74) is 2.98. The molecule has 0 spiro atoms. The van der Waals surface area contributed by atoms with Gasteiger partial charge in [-0.1, -0.05) is 0 Å². The summed E-state index contributed by atoms with van der Waals surface area (Å²) in [5, 5.41) is 14.2. The van der Waals surface area contributed by atoms with Crippen molar-refractivity contribution in [3.8, 4) is 0 Å². The summed E-state index contributed by atoms with van der Waals surface area (Å²) < 4.78 is 37.0. The summed E-state index contributed by atoms with van der Waals surface area (Å²) in [6.07, 6.45) is 1.21. The molecule has 1 heterocycles. The maximum absolute atomic E-state index is 10.7. The van der Waals surface area contributed by atoms with E-state index in [-0.39, 0.29) is 10.7 Å². The van der Waals surface area contributed by atoms with E-state index in [1.54, 1.807) is 0 Å². The molecular weight excluding hydrogens is 302 g/mol. The normalized spacial score (nSPS) is 11.7. The van der Waals surface area contributed by atoms with Gasteiger partial charge in [0.1, 0.15) is 15.0 Å². The Morgan fingerprint density at radius 3 is 2.38 bits per heavy atom. The first-order valence-electron chi connectivity index (χ1n) is 5.45. The number of hydrogen-bond donors (Lipinski definition) is 1. The van der Waals surface area contributed by atoms with Crippen molar-refractivity contribution < 1.29 is 22.3 Å². The Bertz CT molecular complexity index is 779. The molecule has 21 heavy (non-hydrogen) atoms. The fourth-order valence-corrected chi connectivity index (χ4v) is 1.85. The molecule has 1 aromatic carbocycles. The summed E-state index contributed by atoms with van der Waals surface area (Å²) in [6.45, 7) is 0. The predicted octanol–water partition coefficient (Wildman–Crippen LogP) is 1.54. The van der Waals surface area contributed by atoms with Crippen LogP contribution in [0.25, 0.3) is 0 Å². The molecule has 0 unspecified atom stereocenters. The summed E-state index contributed by atoms with van der Waals surface area (Å²) in [7, 11) is -4.48. The second kappa shape index (κ2) is 5.73. The van der Waals surface area contributed by atoms with Crippen LogP contribution in [-0.4, -0.2) is 24.1 Å². The highest BCUT2D eigenvalue weighted by atomic mass is 32.2. The topological polar surface area (TPSA) is 138 Å². The van der Waals surface area contributed by atoms with Gasteiger partial charge in [-0.05, 0) is 30.3 Å². The monoisotopic (exact) mass is 310 g/mol. The number of anilines is 1. The van der Waals surface area contributed by atoms with Crippen LogP contribution in [0.1, 0.15) is 5.76 Å². The first kappa shape index (κ1) is 14.7. The fraction of sp³-hybridized carbons (Fsp3) is 0. The number of nitro groups is 1. The van der Waals surface area contributed by atoms with Gasteiger partial charge in [-0.3, -0.25) is 15.5 Å². The van der Waals surface area contributed by atoms with E-state index in [2.05, 4.69) is 10.5 Å². The van der Waals surface area contributed by atoms with E-state index in [0.717, 1.165) is 12.1 Å². The molecule has 0 bridgehead atoms. The molecule has 1 N–H and O–H groups in total. The maximum Gasteiger partial charge on any atom is 0.433 e. The number of nitrogens with one attached hydrogen (secondary N) is 1. The Hall–Kier alpha value is -2.72. The Labute approximate surface area is 118 Å². The van der Waals surface area contributed by atoms with E-state index in [1.807, 2.05) is 0 Å². The first-order chi connectivity index (χ1) is 9.86. The van der Waals surface area contributed by atoms with Gasteiger partial charge in [0.15, 0.2) is 5.76 Å². The molecule has 0 saturated heterocycles. The van der Waals surface area contributed by atoms with Crippen LogP contribution < -0.4 is 5.43 Å². The summed E-state index contributed by atoms with van der Waals surface area (Å²) in [6, 6.07) is 7.54. The van der Waals surface area contributed by atoms with Gasteiger partial charge >= 0.3 is 5.88 Å². The van der Waals surface area contributed by atoms with E-state index in [4.69, 9.17) is 4.42 Å². The Morgan fingerprint density at radius 1 is 1.19 bits per heavy atom. The number of nitrogens with zero attached hydrogens (tertiary/aromatic N) is 2. The van der Waals surface area contributed by atoms with E-state index in [0.29, 0.717) is 5.69 Å². The van der Waals surface area contributed by atoms with Gasteiger partial charge in [0.05, 0.1) is 22.9 Å². The van der Waals surface area contributed by atoms with Gasteiger partial charge in [-0.2, -0.15) is 5.10 Å². The highest BCUT2D eigenvalue weighted by Crippen LogP contribution is 2.15. The molecule has 2 aromatic rings. The molecule has 0 atom stereocenters. The summed E-state index contributed by atoms with van der Waals surface area (Å²) in [4.78, 5) is 9.38. The molecule has 0 aliphatic heterocycles. The maximum atomic E-state index is 10.7. The summed E-state index contributed by atoms with van der Waals surface area (Å²) in [5.74, 6) is -0.227. The van der Waals surface area contributed by atoms with Crippen LogP contribution in [0.15, 0.2) is 50.8 Å². The van der Waals surface area contributed by atoms with Crippen molar-refractivity contribution in [1.29, 1.82) is 0 Å². The zero-order valence-corrected chi connectivity index (χ0v) is 11.1. The lowest BCUT2D eigenvalue weighted by Gasteiger charge is -2.07. The summed E-state index contributed by atoms with van der Waals surface area (Å²) >= 11 is 0. The van der Waals surface area contributed by atoms with Gasteiger partial charge in [-0.25, -0.2) is 8.42 Å². The Kier molecular flexibility index (Phi) is 4.00. The smallest absolute Gasteiger partial charge is 0.433 e. The first-order valence-corrected chi connectivity index (χ1v) is 6.86. The average Bonchev–Trinajstić information content (AvgIpc) is 2.87. The third-order valence-electron chi connectivity index (χ3n) is 2.32. The van der Waals surface area contributed by atoms with Crippen molar-refractivity contribution in [1.82, 2.24) is 0 Å². The van der Waals surface area contributed by atoms with Crippen LogP contribution in [0, 0.1) is 10.1 Å². The van der Waals surface area contributed by atoms with Crippen LogP contribution in [0.4, 0.5) is 11.6 Å². The molecule has 110 valence electrons. The standard InChI is InChI=1S/C11H9N3O6S/c15-14(16)11-6-3-9(20-11)7-12-13-8-1-4-10(5-2-8)21(17,18)19/h1-7,13H,(H,17,18,19)/p-1/b12-7+. The number of furan rings is 1. The molecule has 0 radical (unpaired) electrons. The average molecular weight is 310 g/mol. The Morgan fingerprint density at radius 2 is 1.86 bits per heavy atom. The lowest BCUT2D eigenvalue weighted by atomic mass is 10.3. The predicted molar refractivity (Wildman–Crippen MR) is 71.0 cm³/mol. The second-order valence-corrected chi connectivity index (χ2v) is 5.16. The van der Waals surface area contributed by atoms with E-state index < -0.39 is 20.9 Å². The van der Waals surface area contributed by atoms with Gasteiger partial charge < -0.3 is 8.97 Å². The molecule has 1 aromatic heterocycles. The Balaban J connectivity index is 2.02. The number of rotatable bonds is 5. The number of hydrogen-bond acceptors (Lipinski definition) is 8. The molecule has 0 amide bonds. The van der Waals surface area contributed by atoms with Crippen LogP contribution in [0.2, 0.25) is 0 Å². The van der Waals surface area contributed by atoms with Crippen LogP contribution in [0.5, 0.6) is 0 Å². The van der Waals surface area contributed by atoms with Gasteiger partial charge in [0.2, 0.25) is 0 Å². The minimum Gasteiger partial charge on any atom is -0.744 e. The largest absolute Gasteiger partial charge is 0.744 e. The van der Waals surface area contributed by atoms with Gasteiger partial charge in [0.25, 0.3) is 0 Å². The van der Waals surface area contributed by atoms with Crippen LogP contribution in [0.3, 0.4) is 0 Å². The van der Waals surface area contributed by atoms with Gasteiger partial charge in [0, 0.05) is 0 Å². The zero-order valence-electron chi connectivity index (χ0n) is 10.3. The van der Waals surface area contributed by atoms with Crippen LogP contribution >= 0.6 is 0 Å². The van der Waals surface area contributed by atoms with E-state index >= 15 is 0 Å². The lowest BCUT2D eigenvalue weighted by molar-refractivity contribution is -0.402. The van der Waals surface area contributed by atoms with E-state index in [9.17, 15) is 23.1 Å². The molecule has 0 saturated carbocycles. The van der Waals surface area contributed by atoms with Crippen molar-refractivity contribution in [2.45, 2.75) is 4.90 Å². The van der Waals surface area contributed by atoms with Crippen molar-refractivity contribution in [2.24, 2.45) is 5.10 Å². The van der Waals surface area contributed by atoms with Crippen LogP contribution in [-0.2, 0) is 10.1 Å². The molecule has 0 fully saturated rings.